The van der Waals surface area contributed by atoms with E-state index in [2.05, 4.69) is 9.88 Å². The van der Waals surface area contributed by atoms with E-state index in [0.717, 1.165) is 12.7 Å². The first-order valence-electron chi connectivity index (χ1n) is 8.32. The van der Waals surface area contributed by atoms with Crippen molar-refractivity contribution in [2.24, 2.45) is 11.3 Å². The quantitative estimate of drug-likeness (QED) is 0.906. The minimum atomic E-state index is -0.804. The topological polar surface area (TPSA) is 73.7 Å². The summed E-state index contributed by atoms with van der Waals surface area (Å²) in [6.07, 6.45) is 3.58. The standard InChI is InChI=1S/C17H22FN3O3/c1-2-20-9-12-10-21(7-3-5-17(12,11-20)16(23)24)15(22)13-4-6-19-8-14(13)18/h4,6,8,12H,2-3,5,7,9-11H2,1H3,(H,23,24)/t12-,17+/m0/s1. The average molecular weight is 335 g/mol. The molecule has 2 aliphatic heterocycles. The lowest BCUT2D eigenvalue weighted by molar-refractivity contribution is -0.150. The van der Waals surface area contributed by atoms with Crippen LogP contribution in [0.4, 0.5) is 4.39 Å². The fourth-order valence-electron chi connectivity index (χ4n) is 4.03. The molecular formula is C17H22FN3O3. The monoisotopic (exact) mass is 335 g/mol. The Morgan fingerprint density at radius 3 is 2.92 bits per heavy atom. The first-order chi connectivity index (χ1) is 11.5. The zero-order chi connectivity index (χ0) is 17.3. The van der Waals surface area contributed by atoms with Crippen molar-refractivity contribution in [1.82, 2.24) is 14.8 Å². The third-order valence-electron chi connectivity index (χ3n) is 5.42. The smallest absolute Gasteiger partial charge is 0.311 e. The zero-order valence-electron chi connectivity index (χ0n) is 13.7. The molecule has 3 heterocycles. The van der Waals surface area contributed by atoms with Gasteiger partial charge in [0, 0.05) is 38.3 Å². The number of carboxylic acid groups (broad SMARTS) is 1. The van der Waals surface area contributed by atoms with Crippen molar-refractivity contribution in [3.8, 4) is 0 Å². The van der Waals surface area contributed by atoms with Crippen LogP contribution >= 0.6 is 0 Å². The number of aliphatic carboxylic acids is 1. The van der Waals surface area contributed by atoms with E-state index < -0.39 is 17.2 Å². The van der Waals surface area contributed by atoms with Crippen LogP contribution in [0.2, 0.25) is 0 Å². The molecule has 2 fully saturated rings. The van der Waals surface area contributed by atoms with Crippen LogP contribution in [-0.4, -0.2) is 64.5 Å². The molecule has 7 heteroatoms. The molecular weight excluding hydrogens is 313 g/mol. The highest BCUT2D eigenvalue weighted by molar-refractivity contribution is 5.94. The Morgan fingerprint density at radius 1 is 1.46 bits per heavy atom. The summed E-state index contributed by atoms with van der Waals surface area (Å²) in [6, 6.07) is 1.38. The van der Waals surface area contributed by atoms with Gasteiger partial charge in [0.1, 0.15) is 0 Å². The summed E-state index contributed by atoms with van der Waals surface area (Å²) in [6.45, 7) is 4.79. The number of likely N-dealkylation sites (tertiary alicyclic amines) is 2. The third kappa shape index (κ3) is 2.77. The number of amides is 1. The molecule has 0 bridgehead atoms. The van der Waals surface area contributed by atoms with Gasteiger partial charge >= 0.3 is 5.97 Å². The summed E-state index contributed by atoms with van der Waals surface area (Å²) < 4.78 is 13.9. The van der Waals surface area contributed by atoms with Gasteiger partial charge in [-0.25, -0.2) is 4.39 Å². The minimum Gasteiger partial charge on any atom is -0.481 e. The molecule has 0 aliphatic carbocycles. The Bertz CT molecular complexity index is 654. The van der Waals surface area contributed by atoms with E-state index in [1.807, 2.05) is 6.92 Å². The highest BCUT2D eigenvalue weighted by Gasteiger charge is 2.53. The van der Waals surface area contributed by atoms with Crippen molar-refractivity contribution in [2.45, 2.75) is 19.8 Å². The maximum Gasteiger partial charge on any atom is 0.311 e. The lowest BCUT2D eigenvalue weighted by Gasteiger charge is -2.29. The maximum absolute atomic E-state index is 13.9. The van der Waals surface area contributed by atoms with Crippen molar-refractivity contribution < 1.29 is 19.1 Å². The van der Waals surface area contributed by atoms with Crippen LogP contribution < -0.4 is 0 Å². The molecule has 130 valence electrons. The number of rotatable bonds is 3. The molecule has 0 unspecified atom stereocenters. The number of fused-ring (bicyclic) bond motifs is 1. The molecule has 1 amide bonds. The van der Waals surface area contributed by atoms with Gasteiger partial charge in [0.25, 0.3) is 5.91 Å². The maximum atomic E-state index is 13.9. The van der Waals surface area contributed by atoms with E-state index in [0.29, 0.717) is 39.0 Å². The number of hydrogen-bond acceptors (Lipinski definition) is 4. The third-order valence-corrected chi connectivity index (χ3v) is 5.42. The summed E-state index contributed by atoms with van der Waals surface area (Å²) in [4.78, 5) is 32.1. The van der Waals surface area contributed by atoms with Crippen molar-refractivity contribution in [3.05, 3.63) is 29.8 Å². The normalized spacial score (nSPS) is 27.6. The summed E-state index contributed by atoms with van der Waals surface area (Å²) in [5.74, 6) is -1.94. The average Bonchev–Trinajstić information content (AvgIpc) is 2.83. The van der Waals surface area contributed by atoms with Crippen LogP contribution in [0, 0.1) is 17.2 Å². The molecule has 1 aromatic rings. The molecule has 6 nitrogen and oxygen atoms in total. The largest absolute Gasteiger partial charge is 0.481 e. The van der Waals surface area contributed by atoms with Gasteiger partial charge in [-0.3, -0.25) is 14.6 Å². The Balaban J connectivity index is 1.85. The fourth-order valence-corrected chi connectivity index (χ4v) is 4.03. The predicted octanol–water partition coefficient (Wildman–Crippen LogP) is 1.48. The highest BCUT2D eigenvalue weighted by Crippen LogP contribution is 2.43. The molecule has 24 heavy (non-hydrogen) atoms. The van der Waals surface area contributed by atoms with E-state index in [1.165, 1.54) is 12.3 Å². The van der Waals surface area contributed by atoms with E-state index in [1.54, 1.807) is 4.90 Å². The SMILES string of the molecule is CCN1C[C@H]2CN(C(=O)c3ccncc3F)CCC[C@@]2(C(=O)O)C1. The molecule has 1 N–H and O–H groups in total. The second kappa shape index (κ2) is 6.47. The number of pyridine rings is 1. The van der Waals surface area contributed by atoms with Gasteiger partial charge in [0.05, 0.1) is 17.2 Å². The second-order valence-electron chi connectivity index (χ2n) is 6.70. The van der Waals surface area contributed by atoms with E-state index >= 15 is 0 Å². The minimum absolute atomic E-state index is 0.00169. The fraction of sp³-hybridized carbons (Fsp3) is 0.588. The van der Waals surface area contributed by atoms with E-state index in [4.69, 9.17) is 0 Å². The van der Waals surface area contributed by atoms with E-state index in [9.17, 15) is 19.1 Å². The first kappa shape index (κ1) is 16.8. The second-order valence-corrected chi connectivity index (χ2v) is 6.70. The molecule has 2 aliphatic rings. The van der Waals surface area contributed by atoms with Crippen LogP contribution in [0.15, 0.2) is 18.5 Å². The Hall–Kier alpha value is -2.02. The lowest BCUT2D eigenvalue weighted by atomic mass is 9.75. The van der Waals surface area contributed by atoms with Gasteiger partial charge in [-0.2, -0.15) is 0 Å². The highest BCUT2D eigenvalue weighted by atomic mass is 19.1. The Labute approximate surface area is 140 Å². The number of carbonyl (C=O) groups is 2. The Morgan fingerprint density at radius 2 is 2.25 bits per heavy atom. The van der Waals surface area contributed by atoms with Crippen molar-refractivity contribution in [3.63, 3.8) is 0 Å². The van der Waals surface area contributed by atoms with Gasteiger partial charge in [-0.05, 0) is 25.5 Å². The molecule has 1 aromatic heterocycles. The van der Waals surface area contributed by atoms with Crippen molar-refractivity contribution >= 4 is 11.9 Å². The number of nitrogens with zero attached hydrogens (tertiary/aromatic N) is 3. The van der Waals surface area contributed by atoms with Crippen LogP contribution in [-0.2, 0) is 4.79 Å². The van der Waals surface area contributed by atoms with Gasteiger partial charge in [-0.1, -0.05) is 6.92 Å². The van der Waals surface area contributed by atoms with Crippen LogP contribution in [0.3, 0.4) is 0 Å². The lowest BCUT2D eigenvalue weighted by Crippen LogP contribution is -2.42. The zero-order valence-corrected chi connectivity index (χ0v) is 13.7. The number of aromatic nitrogens is 1. The number of carbonyl (C=O) groups excluding carboxylic acids is 1. The van der Waals surface area contributed by atoms with Crippen molar-refractivity contribution in [1.29, 1.82) is 0 Å². The predicted molar refractivity (Wildman–Crippen MR) is 85.0 cm³/mol. The molecule has 3 rings (SSSR count). The van der Waals surface area contributed by atoms with Crippen molar-refractivity contribution in [2.75, 3.05) is 32.7 Å². The summed E-state index contributed by atoms with van der Waals surface area (Å²) in [5, 5.41) is 9.83. The molecule has 2 atom stereocenters. The summed E-state index contributed by atoms with van der Waals surface area (Å²) >= 11 is 0. The molecule has 0 aromatic carbocycles. The summed E-state index contributed by atoms with van der Waals surface area (Å²) in [7, 11) is 0. The number of halogens is 1. The van der Waals surface area contributed by atoms with Crippen LogP contribution in [0.25, 0.3) is 0 Å². The van der Waals surface area contributed by atoms with Gasteiger partial charge in [0.2, 0.25) is 0 Å². The van der Waals surface area contributed by atoms with Gasteiger partial charge in [0.15, 0.2) is 5.82 Å². The van der Waals surface area contributed by atoms with Gasteiger partial charge < -0.3 is 14.9 Å². The van der Waals surface area contributed by atoms with E-state index in [-0.39, 0.29) is 17.4 Å². The molecule has 0 radical (unpaired) electrons. The number of hydrogen-bond donors (Lipinski definition) is 1. The Kier molecular flexibility index (Phi) is 4.54. The number of carboxylic acids is 1. The molecule has 2 saturated heterocycles. The van der Waals surface area contributed by atoms with Gasteiger partial charge in [-0.15, -0.1) is 0 Å². The molecule has 0 spiro atoms. The van der Waals surface area contributed by atoms with Crippen LogP contribution in [0.5, 0.6) is 0 Å². The first-order valence-corrected chi connectivity index (χ1v) is 8.32. The molecule has 0 saturated carbocycles. The van der Waals surface area contributed by atoms with Crippen LogP contribution in [0.1, 0.15) is 30.1 Å². The summed E-state index contributed by atoms with van der Waals surface area (Å²) in [5.41, 5.74) is -0.805.